The van der Waals surface area contributed by atoms with Crippen LogP contribution in [-0.4, -0.2) is 45.8 Å². The molecule has 7 heteroatoms. The fraction of sp³-hybridized carbons (Fsp3) is 0.562. The van der Waals surface area contributed by atoms with Crippen LogP contribution in [0.4, 0.5) is 10.6 Å². The number of anilines is 1. The predicted octanol–water partition coefficient (Wildman–Crippen LogP) is 2.45. The molecule has 1 aliphatic rings. The third-order valence-corrected chi connectivity index (χ3v) is 3.79. The first-order chi connectivity index (χ1) is 11.0. The SMILES string of the molecule is CC(C)(C)OC(=O)N(c1ncnc2[nH]ccc12)C1CCCNC1. The van der Waals surface area contributed by atoms with Gasteiger partial charge in [-0.15, -0.1) is 0 Å². The number of fused-ring (bicyclic) bond motifs is 1. The number of piperidine rings is 1. The second-order valence-corrected chi connectivity index (χ2v) is 6.79. The van der Waals surface area contributed by atoms with Gasteiger partial charge in [0.15, 0.2) is 5.82 Å². The van der Waals surface area contributed by atoms with Crippen molar-refractivity contribution < 1.29 is 9.53 Å². The summed E-state index contributed by atoms with van der Waals surface area (Å²) in [6.07, 6.45) is 4.84. The zero-order valence-corrected chi connectivity index (χ0v) is 13.8. The summed E-state index contributed by atoms with van der Waals surface area (Å²) < 4.78 is 5.62. The number of hydrogen-bond acceptors (Lipinski definition) is 5. The topological polar surface area (TPSA) is 83.1 Å². The minimum Gasteiger partial charge on any atom is -0.443 e. The summed E-state index contributed by atoms with van der Waals surface area (Å²) in [4.78, 5) is 26.1. The number of aromatic amines is 1. The fourth-order valence-corrected chi connectivity index (χ4v) is 2.82. The Balaban J connectivity index is 2.00. The third-order valence-electron chi connectivity index (χ3n) is 3.79. The summed E-state index contributed by atoms with van der Waals surface area (Å²) in [7, 11) is 0. The van der Waals surface area contributed by atoms with Gasteiger partial charge in [-0.2, -0.15) is 0 Å². The van der Waals surface area contributed by atoms with Gasteiger partial charge in [-0.1, -0.05) is 0 Å². The average molecular weight is 317 g/mol. The molecule has 3 rings (SSSR count). The van der Waals surface area contributed by atoms with Crippen LogP contribution in [0.25, 0.3) is 11.0 Å². The normalized spacial score (nSPS) is 18.8. The zero-order valence-electron chi connectivity index (χ0n) is 13.8. The van der Waals surface area contributed by atoms with Gasteiger partial charge >= 0.3 is 6.09 Å². The van der Waals surface area contributed by atoms with Gasteiger partial charge in [0.2, 0.25) is 0 Å². The molecule has 0 aromatic carbocycles. The summed E-state index contributed by atoms with van der Waals surface area (Å²) in [6, 6.07) is 1.91. The van der Waals surface area contributed by atoms with Gasteiger partial charge in [0.05, 0.1) is 11.4 Å². The van der Waals surface area contributed by atoms with Crippen LogP contribution < -0.4 is 10.2 Å². The van der Waals surface area contributed by atoms with Crippen molar-refractivity contribution in [2.45, 2.75) is 45.3 Å². The van der Waals surface area contributed by atoms with Crippen LogP contribution in [0.1, 0.15) is 33.6 Å². The highest BCUT2D eigenvalue weighted by molar-refractivity contribution is 5.97. The van der Waals surface area contributed by atoms with E-state index in [0.29, 0.717) is 11.5 Å². The van der Waals surface area contributed by atoms with Crippen molar-refractivity contribution in [2.75, 3.05) is 18.0 Å². The lowest BCUT2D eigenvalue weighted by Crippen LogP contribution is -2.50. The fourth-order valence-electron chi connectivity index (χ4n) is 2.82. The molecule has 1 saturated heterocycles. The maximum atomic E-state index is 12.8. The first-order valence-corrected chi connectivity index (χ1v) is 7.97. The van der Waals surface area contributed by atoms with Crippen LogP contribution in [-0.2, 0) is 4.74 Å². The molecule has 1 atom stereocenters. The molecule has 0 spiro atoms. The maximum Gasteiger partial charge on any atom is 0.416 e. The molecule has 2 aromatic heterocycles. The predicted molar refractivity (Wildman–Crippen MR) is 88.5 cm³/mol. The Morgan fingerprint density at radius 2 is 2.22 bits per heavy atom. The van der Waals surface area contributed by atoms with Gasteiger partial charge < -0.3 is 15.0 Å². The van der Waals surface area contributed by atoms with Gasteiger partial charge in [0.1, 0.15) is 17.6 Å². The molecule has 1 unspecified atom stereocenters. The minimum absolute atomic E-state index is 0.0200. The largest absolute Gasteiger partial charge is 0.443 e. The van der Waals surface area contributed by atoms with Crippen LogP contribution in [0.2, 0.25) is 0 Å². The Morgan fingerprint density at radius 1 is 1.39 bits per heavy atom. The van der Waals surface area contributed by atoms with Gasteiger partial charge in [0, 0.05) is 12.7 Å². The summed E-state index contributed by atoms with van der Waals surface area (Å²) >= 11 is 0. The van der Waals surface area contributed by atoms with Crippen LogP contribution in [0.3, 0.4) is 0 Å². The molecule has 0 saturated carbocycles. The zero-order chi connectivity index (χ0) is 16.4. The molecule has 7 nitrogen and oxygen atoms in total. The molecule has 1 aliphatic heterocycles. The highest BCUT2D eigenvalue weighted by Gasteiger charge is 2.32. The monoisotopic (exact) mass is 317 g/mol. The number of ether oxygens (including phenoxy) is 1. The average Bonchev–Trinajstić information content (AvgIpc) is 2.96. The van der Waals surface area contributed by atoms with Gasteiger partial charge in [-0.05, 0) is 46.2 Å². The summed E-state index contributed by atoms with van der Waals surface area (Å²) in [5.74, 6) is 0.596. The first-order valence-electron chi connectivity index (χ1n) is 7.97. The molecule has 3 heterocycles. The number of carbonyl (C=O) groups is 1. The molecule has 2 N–H and O–H groups in total. The van der Waals surface area contributed by atoms with E-state index in [0.717, 1.165) is 31.3 Å². The third kappa shape index (κ3) is 3.44. The van der Waals surface area contributed by atoms with E-state index in [1.807, 2.05) is 26.8 Å². The lowest BCUT2D eigenvalue weighted by molar-refractivity contribution is 0.0559. The molecule has 2 aromatic rings. The van der Waals surface area contributed by atoms with Crippen molar-refractivity contribution in [3.05, 3.63) is 18.6 Å². The number of nitrogens with zero attached hydrogens (tertiary/aromatic N) is 3. The number of nitrogens with one attached hydrogen (secondary N) is 2. The summed E-state index contributed by atoms with van der Waals surface area (Å²) in [5.41, 5.74) is 0.161. The Hall–Kier alpha value is -2.15. The van der Waals surface area contributed by atoms with Crippen molar-refractivity contribution in [1.29, 1.82) is 0 Å². The smallest absolute Gasteiger partial charge is 0.416 e. The van der Waals surface area contributed by atoms with Crippen molar-refractivity contribution in [3.63, 3.8) is 0 Å². The van der Waals surface area contributed by atoms with Crippen molar-refractivity contribution in [1.82, 2.24) is 20.3 Å². The molecule has 124 valence electrons. The van der Waals surface area contributed by atoms with Crippen LogP contribution in [0, 0.1) is 0 Å². The lowest BCUT2D eigenvalue weighted by atomic mass is 10.1. The van der Waals surface area contributed by atoms with Gasteiger partial charge in [-0.25, -0.2) is 14.8 Å². The van der Waals surface area contributed by atoms with Crippen LogP contribution in [0.15, 0.2) is 18.6 Å². The lowest BCUT2D eigenvalue weighted by Gasteiger charge is -2.35. The Morgan fingerprint density at radius 3 is 2.91 bits per heavy atom. The van der Waals surface area contributed by atoms with Crippen LogP contribution >= 0.6 is 0 Å². The first kappa shape index (κ1) is 15.7. The van der Waals surface area contributed by atoms with E-state index < -0.39 is 5.60 Å². The minimum atomic E-state index is -0.554. The molecule has 0 bridgehead atoms. The molecule has 1 amide bonds. The second kappa shape index (κ2) is 6.16. The summed E-state index contributed by atoms with van der Waals surface area (Å²) in [6.45, 7) is 7.31. The van der Waals surface area contributed by atoms with Crippen LogP contribution in [0.5, 0.6) is 0 Å². The Labute approximate surface area is 135 Å². The summed E-state index contributed by atoms with van der Waals surface area (Å²) in [5, 5.41) is 4.17. The number of H-pyrrole nitrogens is 1. The van der Waals surface area contributed by atoms with Crippen molar-refractivity contribution in [2.24, 2.45) is 0 Å². The number of amides is 1. The van der Waals surface area contributed by atoms with E-state index in [1.54, 1.807) is 11.1 Å². The van der Waals surface area contributed by atoms with E-state index in [1.165, 1.54) is 6.33 Å². The van der Waals surface area contributed by atoms with E-state index in [4.69, 9.17) is 4.74 Å². The molecule has 1 fully saturated rings. The quantitative estimate of drug-likeness (QED) is 0.889. The number of aromatic nitrogens is 3. The van der Waals surface area contributed by atoms with E-state index in [2.05, 4.69) is 20.3 Å². The number of rotatable bonds is 2. The van der Waals surface area contributed by atoms with Gasteiger partial charge in [0.25, 0.3) is 0 Å². The molecule has 0 aliphatic carbocycles. The second-order valence-electron chi connectivity index (χ2n) is 6.79. The van der Waals surface area contributed by atoms with Gasteiger partial charge in [-0.3, -0.25) is 4.90 Å². The maximum absolute atomic E-state index is 12.8. The van der Waals surface area contributed by atoms with E-state index in [-0.39, 0.29) is 12.1 Å². The molecule has 23 heavy (non-hydrogen) atoms. The molecular formula is C16H23N5O2. The highest BCUT2D eigenvalue weighted by atomic mass is 16.6. The Kier molecular flexibility index (Phi) is 4.21. The highest BCUT2D eigenvalue weighted by Crippen LogP contribution is 2.27. The molecular weight excluding hydrogens is 294 g/mol. The number of carbonyl (C=O) groups excluding carboxylic acids is 1. The number of hydrogen-bond donors (Lipinski definition) is 2. The molecule has 0 radical (unpaired) electrons. The van der Waals surface area contributed by atoms with E-state index in [9.17, 15) is 4.79 Å². The van der Waals surface area contributed by atoms with E-state index >= 15 is 0 Å². The van der Waals surface area contributed by atoms with Crippen molar-refractivity contribution in [3.8, 4) is 0 Å². The standard InChI is InChI=1S/C16H23N5O2/c1-16(2,3)23-15(22)21(11-5-4-7-17-9-11)14-12-6-8-18-13(12)19-10-20-14/h6,8,10-11,17H,4-5,7,9H2,1-3H3,(H,18,19,20). The Bertz CT molecular complexity index is 685. The van der Waals surface area contributed by atoms with Crippen molar-refractivity contribution >= 4 is 22.9 Å².